The SMILES string of the molecule is C=CC(=O)OCC(C)CCCCCCCCCC[Si](OC)(OC)OC. The molecule has 0 aromatic heterocycles. The van der Waals surface area contributed by atoms with Crippen LogP contribution in [0, 0.1) is 5.92 Å². The van der Waals surface area contributed by atoms with Crippen LogP contribution >= 0.6 is 0 Å². The Hall–Kier alpha value is -0.693. The maximum Gasteiger partial charge on any atom is 0.500 e. The lowest BCUT2D eigenvalue weighted by Gasteiger charge is -2.24. The van der Waals surface area contributed by atoms with Gasteiger partial charge in [-0.2, -0.15) is 0 Å². The second-order valence-corrected chi connectivity index (χ2v) is 9.69. The third-order valence-electron chi connectivity index (χ3n) is 4.54. The molecule has 148 valence electrons. The maximum atomic E-state index is 11.0. The molecule has 0 saturated carbocycles. The van der Waals surface area contributed by atoms with Gasteiger partial charge in [0.25, 0.3) is 0 Å². The maximum absolute atomic E-state index is 11.0. The highest BCUT2D eigenvalue weighted by molar-refractivity contribution is 6.60. The van der Waals surface area contributed by atoms with Gasteiger partial charge in [0.15, 0.2) is 0 Å². The molecule has 0 N–H and O–H groups in total. The van der Waals surface area contributed by atoms with Crippen molar-refractivity contribution < 1.29 is 22.8 Å². The van der Waals surface area contributed by atoms with Crippen molar-refractivity contribution in [3.8, 4) is 0 Å². The highest BCUT2D eigenvalue weighted by Gasteiger charge is 2.36. The molecule has 0 radical (unpaired) electrons. The summed E-state index contributed by atoms with van der Waals surface area (Å²) < 4.78 is 21.3. The molecule has 0 aromatic carbocycles. The van der Waals surface area contributed by atoms with Crippen molar-refractivity contribution in [2.75, 3.05) is 27.9 Å². The molecule has 0 aliphatic rings. The van der Waals surface area contributed by atoms with E-state index in [1.54, 1.807) is 21.3 Å². The van der Waals surface area contributed by atoms with Gasteiger partial charge in [0.05, 0.1) is 6.61 Å². The summed E-state index contributed by atoms with van der Waals surface area (Å²) in [5.41, 5.74) is 0. The minimum absolute atomic E-state index is 0.326. The molecule has 0 amide bonds. The van der Waals surface area contributed by atoms with E-state index in [2.05, 4.69) is 13.5 Å². The van der Waals surface area contributed by atoms with E-state index in [1.165, 1.54) is 51.0 Å². The lowest BCUT2D eigenvalue weighted by atomic mass is 10.0. The summed E-state index contributed by atoms with van der Waals surface area (Å²) in [4.78, 5) is 11.0. The number of hydrogen-bond acceptors (Lipinski definition) is 5. The lowest BCUT2D eigenvalue weighted by molar-refractivity contribution is -0.139. The van der Waals surface area contributed by atoms with E-state index >= 15 is 0 Å². The van der Waals surface area contributed by atoms with Crippen LogP contribution in [0.4, 0.5) is 0 Å². The fourth-order valence-corrected chi connectivity index (χ4v) is 4.61. The van der Waals surface area contributed by atoms with E-state index in [9.17, 15) is 4.79 Å². The highest BCUT2D eigenvalue weighted by Crippen LogP contribution is 2.19. The van der Waals surface area contributed by atoms with Gasteiger partial charge in [-0.3, -0.25) is 0 Å². The van der Waals surface area contributed by atoms with Gasteiger partial charge in [-0.05, 0) is 18.8 Å². The fraction of sp³-hybridized carbons (Fsp3) is 0.842. The van der Waals surface area contributed by atoms with E-state index in [0.717, 1.165) is 18.9 Å². The van der Waals surface area contributed by atoms with Crippen LogP contribution in [0.1, 0.15) is 64.7 Å². The Labute approximate surface area is 155 Å². The van der Waals surface area contributed by atoms with Crippen molar-refractivity contribution in [1.82, 2.24) is 0 Å². The van der Waals surface area contributed by atoms with Crippen LogP contribution in [0.2, 0.25) is 6.04 Å². The molecule has 1 unspecified atom stereocenters. The van der Waals surface area contributed by atoms with Crippen molar-refractivity contribution in [3.63, 3.8) is 0 Å². The van der Waals surface area contributed by atoms with Crippen molar-refractivity contribution >= 4 is 14.8 Å². The number of hydrogen-bond donors (Lipinski definition) is 0. The normalized spacial score (nSPS) is 12.8. The Morgan fingerprint density at radius 3 is 1.88 bits per heavy atom. The zero-order valence-electron chi connectivity index (χ0n) is 16.7. The van der Waals surface area contributed by atoms with Gasteiger partial charge in [0, 0.05) is 33.4 Å². The summed E-state index contributed by atoms with van der Waals surface area (Å²) in [5.74, 6) is 0.101. The van der Waals surface area contributed by atoms with Gasteiger partial charge in [0.1, 0.15) is 0 Å². The first-order valence-electron chi connectivity index (χ1n) is 9.48. The van der Waals surface area contributed by atoms with Gasteiger partial charge >= 0.3 is 14.8 Å². The molecule has 0 heterocycles. The Morgan fingerprint density at radius 1 is 0.920 bits per heavy atom. The Bertz CT molecular complexity index is 336. The largest absolute Gasteiger partial charge is 0.500 e. The second-order valence-electron chi connectivity index (χ2n) is 6.60. The molecule has 25 heavy (non-hydrogen) atoms. The second kappa shape index (κ2) is 15.6. The number of unbranched alkanes of at least 4 members (excludes halogenated alkanes) is 7. The predicted molar refractivity (Wildman–Crippen MR) is 103 cm³/mol. The van der Waals surface area contributed by atoms with Crippen LogP contribution in [0.3, 0.4) is 0 Å². The van der Waals surface area contributed by atoms with Crippen molar-refractivity contribution in [3.05, 3.63) is 12.7 Å². The Morgan fingerprint density at radius 2 is 1.40 bits per heavy atom. The summed E-state index contributed by atoms with van der Waals surface area (Å²) in [6.07, 6.45) is 12.2. The predicted octanol–water partition coefficient (Wildman–Crippen LogP) is 4.74. The summed E-state index contributed by atoms with van der Waals surface area (Å²) in [7, 11) is 2.64. The first-order chi connectivity index (χ1) is 12.0. The van der Waals surface area contributed by atoms with Gasteiger partial charge in [-0.25, -0.2) is 4.79 Å². The van der Waals surface area contributed by atoms with E-state index in [-0.39, 0.29) is 5.97 Å². The number of esters is 1. The first kappa shape index (κ1) is 24.3. The van der Waals surface area contributed by atoms with E-state index < -0.39 is 8.80 Å². The summed E-state index contributed by atoms with van der Waals surface area (Å²) in [5, 5.41) is 0. The highest BCUT2D eigenvalue weighted by atomic mass is 28.4. The molecule has 0 rings (SSSR count). The molecule has 0 bridgehead atoms. The molecule has 0 aromatic rings. The fourth-order valence-electron chi connectivity index (χ4n) is 2.82. The molecule has 5 nitrogen and oxygen atoms in total. The minimum atomic E-state index is -2.37. The Kier molecular flexibility index (Phi) is 15.1. The van der Waals surface area contributed by atoms with Gasteiger partial charge < -0.3 is 18.0 Å². The van der Waals surface area contributed by atoms with Crippen molar-refractivity contribution in [2.24, 2.45) is 5.92 Å². The van der Waals surface area contributed by atoms with Gasteiger partial charge in [-0.15, -0.1) is 0 Å². The number of carbonyl (C=O) groups is 1. The first-order valence-corrected chi connectivity index (χ1v) is 11.4. The third kappa shape index (κ3) is 12.3. The van der Waals surface area contributed by atoms with Crippen molar-refractivity contribution in [1.29, 1.82) is 0 Å². The van der Waals surface area contributed by atoms with E-state index in [4.69, 9.17) is 18.0 Å². The summed E-state index contributed by atoms with van der Waals surface area (Å²) >= 11 is 0. The molecule has 6 heteroatoms. The number of carbonyl (C=O) groups excluding carboxylic acids is 1. The topological polar surface area (TPSA) is 54.0 Å². The molecular formula is C19H38O5Si. The monoisotopic (exact) mass is 374 g/mol. The zero-order valence-corrected chi connectivity index (χ0v) is 17.7. The van der Waals surface area contributed by atoms with Crippen LogP contribution in [-0.4, -0.2) is 42.7 Å². The van der Waals surface area contributed by atoms with Gasteiger partial charge in [-0.1, -0.05) is 58.4 Å². The zero-order chi connectivity index (χ0) is 19.0. The molecule has 0 aliphatic carbocycles. The minimum Gasteiger partial charge on any atom is -0.462 e. The molecule has 1 atom stereocenters. The smallest absolute Gasteiger partial charge is 0.462 e. The average Bonchev–Trinajstić information content (AvgIpc) is 2.64. The molecular weight excluding hydrogens is 336 g/mol. The Balaban J connectivity index is 3.44. The van der Waals surface area contributed by atoms with Crippen LogP contribution in [-0.2, 0) is 22.8 Å². The van der Waals surface area contributed by atoms with Crippen LogP contribution in [0.15, 0.2) is 12.7 Å². The molecule has 0 spiro atoms. The average molecular weight is 375 g/mol. The lowest BCUT2D eigenvalue weighted by Crippen LogP contribution is -2.42. The standard InChI is InChI=1S/C19H38O5Si/c1-6-19(20)24-17-18(2)15-13-11-9-7-8-10-12-14-16-25(21-3,22-4)23-5/h6,18H,1,7-17H2,2-5H3. The molecule has 0 aliphatic heterocycles. The van der Waals surface area contributed by atoms with Gasteiger partial charge in [0.2, 0.25) is 0 Å². The van der Waals surface area contributed by atoms with Crippen LogP contribution in [0.25, 0.3) is 0 Å². The summed E-state index contributed by atoms with van der Waals surface area (Å²) in [6.45, 7) is 6.02. The molecule has 0 saturated heterocycles. The van der Waals surface area contributed by atoms with Crippen LogP contribution < -0.4 is 0 Å². The van der Waals surface area contributed by atoms with E-state index in [1.807, 2.05) is 0 Å². The number of rotatable bonds is 17. The quantitative estimate of drug-likeness (QED) is 0.159. The van der Waals surface area contributed by atoms with E-state index in [0.29, 0.717) is 12.5 Å². The number of ether oxygens (including phenoxy) is 1. The third-order valence-corrected chi connectivity index (χ3v) is 7.37. The molecule has 0 fully saturated rings. The van der Waals surface area contributed by atoms with Crippen LogP contribution in [0.5, 0.6) is 0 Å². The van der Waals surface area contributed by atoms with Crippen molar-refractivity contribution in [2.45, 2.75) is 70.8 Å². The summed E-state index contributed by atoms with van der Waals surface area (Å²) in [6, 6.07) is 0.894.